The number of benzene rings is 1. The number of hydrogen-bond acceptors (Lipinski definition) is 3. The minimum Gasteiger partial charge on any atom is -0.497 e. The van der Waals surface area contributed by atoms with E-state index in [-0.39, 0.29) is 0 Å². The summed E-state index contributed by atoms with van der Waals surface area (Å²) >= 11 is 0. The van der Waals surface area contributed by atoms with Crippen LogP contribution in [0.1, 0.15) is 18.9 Å². The molecule has 0 fully saturated rings. The molecule has 1 aromatic rings. The molecule has 0 aliphatic carbocycles. The first-order valence-electron chi connectivity index (χ1n) is 5.20. The van der Waals surface area contributed by atoms with Crippen LogP contribution in [-0.2, 0) is 11.2 Å². The molecule has 1 aliphatic heterocycles. The molecule has 0 unspecified atom stereocenters. The first-order valence-corrected chi connectivity index (χ1v) is 5.20. The lowest BCUT2D eigenvalue weighted by Gasteiger charge is -2.15. The zero-order valence-corrected chi connectivity index (χ0v) is 9.12. The summed E-state index contributed by atoms with van der Waals surface area (Å²) in [7, 11) is 1.66. The van der Waals surface area contributed by atoms with Crippen molar-refractivity contribution in [1.29, 1.82) is 0 Å². The summed E-state index contributed by atoms with van der Waals surface area (Å²) in [6.45, 7) is 2.65. The molecule has 0 atom stereocenters. The van der Waals surface area contributed by atoms with E-state index in [1.807, 2.05) is 19.1 Å². The molecule has 0 saturated carbocycles. The molecule has 0 amide bonds. The molecule has 1 heterocycles. The summed E-state index contributed by atoms with van der Waals surface area (Å²) in [5.74, 6) is 1.67. The summed E-state index contributed by atoms with van der Waals surface area (Å²) in [5.41, 5.74) is 2.24. The summed E-state index contributed by atoms with van der Waals surface area (Å²) in [6.07, 6.45) is 1.89. The van der Waals surface area contributed by atoms with Crippen LogP contribution in [0.3, 0.4) is 0 Å². The van der Waals surface area contributed by atoms with E-state index >= 15 is 0 Å². The van der Waals surface area contributed by atoms with Gasteiger partial charge in [0.15, 0.2) is 5.90 Å². The van der Waals surface area contributed by atoms with E-state index in [2.05, 4.69) is 11.1 Å². The van der Waals surface area contributed by atoms with Gasteiger partial charge in [-0.15, -0.1) is 0 Å². The number of hydrogen-bond donors (Lipinski definition) is 0. The Kier molecular flexibility index (Phi) is 2.90. The van der Waals surface area contributed by atoms with Crippen molar-refractivity contribution in [2.75, 3.05) is 13.7 Å². The third-order valence-electron chi connectivity index (χ3n) is 2.46. The van der Waals surface area contributed by atoms with E-state index in [9.17, 15) is 0 Å². The molecule has 2 rings (SSSR count). The summed E-state index contributed by atoms with van der Waals surface area (Å²) in [4.78, 5) is 4.46. The van der Waals surface area contributed by atoms with Gasteiger partial charge in [-0.1, -0.05) is 6.07 Å². The smallest absolute Gasteiger partial charge is 0.188 e. The second kappa shape index (κ2) is 4.34. The van der Waals surface area contributed by atoms with Gasteiger partial charge in [-0.25, -0.2) is 4.99 Å². The van der Waals surface area contributed by atoms with E-state index in [0.717, 1.165) is 30.2 Å². The molecule has 15 heavy (non-hydrogen) atoms. The molecular weight excluding hydrogens is 190 g/mol. The second-order valence-corrected chi connectivity index (χ2v) is 3.43. The fourth-order valence-corrected chi connectivity index (χ4v) is 1.69. The van der Waals surface area contributed by atoms with Crippen LogP contribution in [-0.4, -0.2) is 19.6 Å². The third kappa shape index (κ3) is 2.12. The van der Waals surface area contributed by atoms with Crippen molar-refractivity contribution in [3.8, 4) is 5.75 Å². The minimum absolute atomic E-state index is 0.679. The Morgan fingerprint density at radius 2 is 2.20 bits per heavy atom. The van der Waals surface area contributed by atoms with E-state index in [4.69, 9.17) is 9.47 Å². The molecule has 0 saturated heterocycles. The van der Waals surface area contributed by atoms with Crippen molar-refractivity contribution < 1.29 is 9.47 Å². The number of nitrogens with zero attached hydrogens (tertiary/aromatic N) is 1. The van der Waals surface area contributed by atoms with Crippen LogP contribution in [0.5, 0.6) is 5.75 Å². The SMILES string of the molecule is CCOC1=Nc2cc(OC)ccc2CC1. The number of aliphatic imine (C=N–C) groups is 1. The van der Waals surface area contributed by atoms with Crippen molar-refractivity contribution in [3.05, 3.63) is 23.8 Å². The van der Waals surface area contributed by atoms with Gasteiger partial charge in [0.2, 0.25) is 0 Å². The Hall–Kier alpha value is -1.51. The van der Waals surface area contributed by atoms with E-state index in [1.165, 1.54) is 5.56 Å². The standard InChI is InChI=1S/C12H15NO2/c1-3-15-12-7-5-9-4-6-10(14-2)8-11(9)13-12/h4,6,8H,3,5,7H2,1-2H3. The molecule has 0 N–H and O–H groups in total. The Balaban J connectivity index is 2.30. The van der Waals surface area contributed by atoms with Gasteiger partial charge < -0.3 is 9.47 Å². The molecule has 0 aromatic heterocycles. The van der Waals surface area contributed by atoms with Crippen LogP contribution >= 0.6 is 0 Å². The van der Waals surface area contributed by atoms with Crippen molar-refractivity contribution in [3.63, 3.8) is 0 Å². The van der Waals surface area contributed by atoms with Gasteiger partial charge in [-0.2, -0.15) is 0 Å². The average Bonchev–Trinajstić information content (AvgIpc) is 2.28. The van der Waals surface area contributed by atoms with Gasteiger partial charge >= 0.3 is 0 Å². The first-order chi connectivity index (χ1) is 7.33. The fourth-order valence-electron chi connectivity index (χ4n) is 1.69. The predicted molar refractivity (Wildman–Crippen MR) is 60.0 cm³/mol. The lowest BCUT2D eigenvalue weighted by Crippen LogP contribution is -2.09. The zero-order chi connectivity index (χ0) is 10.7. The van der Waals surface area contributed by atoms with Crippen molar-refractivity contribution in [1.82, 2.24) is 0 Å². The number of aryl methyl sites for hydroxylation is 1. The lowest BCUT2D eigenvalue weighted by atomic mass is 10.0. The average molecular weight is 205 g/mol. The van der Waals surface area contributed by atoms with Crippen LogP contribution in [0.4, 0.5) is 5.69 Å². The number of fused-ring (bicyclic) bond motifs is 1. The molecule has 3 nitrogen and oxygen atoms in total. The molecule has 1 aliphatic rings. The van der Waals surface area contributed by atoms with Crippen LogP contribution in [0.2, 0.25) is 0 Å². The van der Waals surface area contributed by atoms with Gasteiger partial charge in [-0.3, -0.25) is 0 Å². The molecular formula is C12H15NO2. The highest BCUT2D eigenvalue weighted by atomic mass is 16.5. The molecule has 0 radical (unpaired) electrons. The zero-order valence-electron chi connectivity index (χ0n) is 9.12. The van der Waals surface area contributed by atoms with Gasteiger partial charge in [0.05, 0.1) is 19.4 Å². The van der Waals surface area contributed by atoms with E-state index < -0.39 is 0 Å². The van der Waals surface area contributed by atoms with Crippen molar-refractivity contribution in [2.45, 2.75) is 19.8 Å². The number of methoxy groups -OCH3 is 1. The Labute approximate surface area is 89.7 Å². The molecule has 1 aromatic carbocycles. The fraction of sp³-hybridized carbons (Fsp3) is 0.417. The first kappa shape index (κ1) is 10.0. The Morgan fingerprint density at radius 1 is 1.33 bits per heavy atom. The van der Waals surface area contributed by atoms with E-state index in [1.54, 1.807) is 7.11 Å². The quantitative estimate of drug-likeness (QED) is 0.743. The number of ether oxygens (including phenoxy) is 2. The summed E-state index contributed by atoms with van der Waals surface area (Å²) in [6, 6.07) is 5.99. The maximum Gasteiger partial charge on any atom is 0.188 e. The molecule has 0 bridgehead atoms. The van der Waals surface area contributed by atoms with Gasteiger partial charge in [0.25, 0.3) is 0 Å². The molecule has 80 valence electrons. The van der Waals surface area contributed by atoms with Gasteiger partial charge in [-0.05, 0) is 25.0 Å². The highest BCUT2D eigenvalue weighted by molar-refractivity contribution is 5.82. The molecule has 0 spiro atoms. The highest BCUT2D eigenvalue weighted by Gasteiger charge is 2.13. The summed E-state index contributed by atoms with van der Waals surface area (Å²) < 4.78 is 10.6. The normalized spacial score (nSPS) is 14.1. The minimum atomic E-state index is 0.679. The van der Waals surface area contributed by atoms with Crippen molar-refractivity contribution in [2.24, 2.45) is 4.99 Å². The number of rotatable bonds is 2. The predicted octanol–water partition coefficient (Wildman–Crippen LogP) is 2.71. The Bertz CT molecular complexity index is 385. The third-order valence-corrected chi connectivity index (χ3v) is 2.46. The largest absolute Gasteiger partial charge is 0.497 e. The van der Waals surface area contributed by atoms with Crippen LogP contribution in [0.15, 0.2) is 23.2 Å². The topological polar surface area (TPSA) is 30.8 Å². The Morgan fingerprint density at radius 3 is 2.93 bits per heavy atom. The van der Waals surface area contributed by atoms with Crippen LogP contribution in [0, 0.1) is 0 Å². The second-order valence-electron chi connectivity index (χ2n) is 3.43. The lowest BCUT2D eigenvalue weighted by molar-refractivity contribution is 0.316. The maximum absolute atomic E-state index is 5.42. The van der Waals surface area contributed by atoms with Gasteiger partial charge in [0.1, 0.15) is 5.75 Å². The van der Waals surface area contributed by atoms with Crippen molar-refractivity contribution >= 4 is 11.6 Å². The maximum atomic E-state index is 5.42. The highest BCUT2D eigenvalue weighted by Crippen LogP contribution is 2.29. The monoisotopic (exact) mass is 205 g/mol. The van der Waals surface area contributed by atoms with Crippen LogP contribution < -0.4 is 4.74 Å². The summed E-state index contributed by atoms with van der Waals surface area (Å²) in [5, 5.41) is 0. The molecule has 3 heteroatoms. The van der Waals surface area contributed by atoms with Crippen LogP contribution in [0.25, 0.3) is 0 Å². The van der Waals surface area contributed by atoms with E-state index in [0.29, 0.717) is 6.61 Å². The van der Waals surface area contributed by atoms with Gasteiger partial charge in [0, 0.05) is 12.5 Å².